The average molecular weight is 423 g/mol. The van der Waals surface area contributed by atoms with Gasteiger partial charge in [-0.25, -0.2) is 0 Å². The van der Waals surface area contributed by atoms with Crippen molar-refractivity contribution >= 4 is 11.7 Å². The van der Waals surface area contributed by atoms with Gasteiger partial charge in [-0.1, -0.05) is 13.8 Å². The number of rotatable bonds is 6. The van der Waals surface area contributed by atoms with Crippen molar-refractivity contribution in [2.75, 3.05) is 6.61 Å². The molecule has 12 nitrogen and oxygen atoms in total. The molecule has 2 aliphatic rings. The van der Waals surface area contributed by atoms with E-state index in [4.69, 9.17) is 14.2 Å². The lowest BCUT2D eigenvalue weighted by atomic mass is 9.91. The molecule has 2 aliphatic heterocycles. The second-order valence-electron chi connectivity index (χ2n) is 7.52. The zero-order valence-corrected chi connectivity index (χ0v) is 16.3. The SMILES string of the molecule is CC(=O)N[C@@H]1C(O)OC(CO)[C@@H](O)C1OC1OC(C(=O)C(C)C)[C@@H](O)C(O)[C@@H]1O. The normalized spacial score (nSPS) is 43.2. The van der Waals surface area contributed by atoms with Crippen molar-refractivity contribution in [3.05, 3.63) is 0 Å². The van der Waals surface area contributed by atoms with Gasteiger partial charge in [0.1, 0.15) is 48.8 Å². The Morgan fingerprint density at radius 2 is 1.62 bits per heavy atom. The standard InChI is InChI=1S/C17H29NO11/c1-5(2)9(21)15-12(24)11(23)13(25)17(29-15)28-14-8(18-6(3)20)16(26)27-7(4-19)10(14)22/h5,7-8,10-17,19,22-26H,4H2,1-3H3,(H,18,20)/t7?,8-,10+,11?,12-,13-,14?,15?,16?,17?/m0/s1. The molecule has 29 heavy (non-hydrogen) atoms. The van der Waals surface area contributed by atoms with Crippen molar-refractivity contribution in [3.63, 3.8) is 0 Å². The molecule has 1 amide bonds. The van der Waals surface area contributed by atoms with Crippen LogP contribution in [0.2, 0.25) is 0 Å². The summed E-state index contributed by atoms with van der Waals surface area (Å²) in [6, 6.07) is -1.32. The number of carbonyl (C=O) groups is 2. The van der Waals surface area contributed by atoms with Crippen molar-refractivity contribution < 1.29 is 54.4 Å². The maximum Gasteiger partial charge on any atom is 0.217 e. The number of Topliss-reactive ketones (excluding diaryl/α,β-unsaturated/α-hetero) is 1. The van der Waals surface area contributed by atoms with E-state index in [2.05, 4.69) is 5.32 Å². The van der Waals surface area contributed by atoms with Crippen LogP contribution < -0.4 is 5.32 Å². The van der Waals surface area contributed by atoms with E-state index in [1.807, 2.05) is 0 Å². The molecule has 10 atom stereocenters. The summed E-state index contributed by atoms with van der Waals surface area (Å²) in [4.78, 5) is 23.8. The Morgan fingerprint density at radius 3 is 2.14 bits per heavy atom. The highest BCUT2D eigenvalue weighted by molar-refractivity contribution is 5.85. The Morgan fingerprint density at radius 1 is 1.00 bits per heavy atom. The first-order valence-electron chi connectivity index (χ1n) is 9.28. The number of nitrogens with one attached hydrogen (secondary N) is 1. The van der Waals surface area contributed by atoms with Gasteiger partial charge in [-0.05, 0) is 0 Å². The number of ether oxygens (including phenoxy) is 3. The van der Waals surface area contributed by atoms with Gasteiger partial charge in [-0.15, -0.1) is 0 Å². The van der Waals surface area contributed by atoms with E-state index in [1.54, 1.807) is 13.8 Å². The van der Waals surface area contributed by atoms with Crippen LogP contribution in [0.1, 0.15) is 20.8 Å². The summed E-state index contributed by atoms with van der Waals surface area (Å²) in [6.45, 7) is 3.58. The molecule has 0 aliphatic carbocycles. The number of aliphatic hydroxyl groups excluding tert-OH is 6. The number of aliphatic hydroxyl groups is 6. The molecule has 0 bridgehead atoms. The molecule has 2 saturated heterocycles. The van der Waals surface area contributed by atoms with Crippen molar-refractivity contribution in [3.8, 4) is 0 Å². The maximum atomic E-state index is 12.3. The van der Waals surface area contributed by atoms with Gasteiger partial charge in [0.2, 0.25) is 5.91 Å². The highest BCUT2D eigenvalue weighted by atomic mass is 16.7. The first-order valence-corrected chi connectivity index (χ1v) is 9.28. The topological polar surface area (TPSA) is 195 Å². The van der Waals surface area contributed by atoms with Crippen LogP contribution in [0.15, 0.2) is 0 Å². The van der Waals surface area contributed by atoms with E-state index in [1.165, 1.54) is 0 Å². The third kappa shape index (κ3) is 5.10. The first kappa shape index (κ1) is 24.1. The van der Waals surface area contributed by atoms with Gasteiger partial charge in [0.15, 0.2) is 18.4 Å². The Balaban J connectivity index is 2.27. The first-order chi connectivity index (χ1) is 13.5. The van der Waals surface area contributed by atoms with Gasteiger partial charge in [0, 0.05) is 12.8 Å². The van der Waals surface area contributed by atoms with Crippen LogP contribution in [-0.4, -0.2) is 110 Å². The molecule has 12 heteroatoms. The van der Waals surface area contributed by atoms with E-state index in [0.717, 1.165) is 6.92 Å². The fraction of sp³-hybridized carbons (Fsp3) is 0.882. The van der Waals surface area contributed by atoms with E-state index >= 15 is 0 Å². The summed E-state index contributed by atoms with van der Waals surface area (Å²) in [5.41, 5.74) is 0. The molecule has 0 aromatic carbocycles. The lowest BCUT2D eigenvalue weighted by Crippen LogP contribution is -2.68. The molecular weight excluding hydrogens is 394 g/mol. The summed E-state index contributed by atoms with van der Waals surface area (Å²) < 4.78 is 16.0. The van der Waals surface area contributed by atoms with E-state index in [-0.39, 0.29) is 0 Å². The minimum absolute atomic E-state index is 0.545. The average Bonchev–Trinajstić information content (AvgIpc) is 2.66. The van der Waals surface area contributed by atoms with Gasteiger partial charge in [0.25, 0.3) is 0 Å². The van der Waals surface area contributed by atoms with Crippen molar-refractivity contribution in [2.24, 2.45) is 5.92 Å². The van der Waals surface area contributed by atoms with Crippen LogP contribution in [0, 0.1) is 5.92 Å². The second-order valence-corrected chi connectivity index (χ2v) is 7.52. The fourth-order valence-electron chi connectivity index (χ4n) is 3.31. The Hall–Kier alpha value is -1.22. The number of amides is 1. The summed E-state index contributed by atoms with van der Waals surface area (Å²) in [7, 11) is 0. The van der Waals surface area contributed by atoms with Crippen LogP contribution >= 0.6 is 0 Å². The predicted molar refractivity (Wildman–Crippen MR) is 93.0 cm³/mol. The highest BCUT2D eigenvalue weighted by Gasteiger charge is 2.52. The summed E-state index contributed by atoms with van der Waals surface area (Å²) in [5, 5.41) is 62.7. The van der Waals surface area contributed by atoms with Gasteiger partial charge in [0.05, 0.1) is 6.61 Å². The predicted octanol–water partition coefficient (Wildman–Crippen LogP) is -4.02. The molecule has 6 unspecified atom stereocenters. The number of hydrogen-bond donors (Lipinski definition) is 7. The number of hydrogen-bond acceptors (Lipinski definition) is 11. The molecule has 7 N–H and O–H groups in total. The summed E-state index contributed by atoms with van der Waals surface area (Å²) in [6.07, 6.45) is -14.5. The molecule has 2 fully saturated rings. The third-order valence-corrected chi connectivity index (χ3v) is 4.95. The van der Waals surface area contributed by atoms with Gasteiger partial charge < -0.3 is 50.2 Å². The lowest BCUT2D eigenvalue weighted by Gasteiger charge is -2.46. The molecular formula is C17H29NO11. The maximum absolute atomic E-state index is 12.3. The fourth-order valence-corrected chi connectivity index (χ4v) is 3.31. The number of carbonyl (C=O) groups excluding carboxylic acids is 2. The largest absolute Gasteiger partial charge is 0.394 e. The highest BCUT2D eigenvalue weighted by Crippen LogP contribution is 2.29. The number of ketones is 1. The van der Waals surface area contributed by atoms with Crippen molar-refractivity contribution in [1.82, 2.24) is 5.32 Å². The van der Waals surface area contributed by atoms with Crippen LogP contribution in [0.3, 0.4) is 0 Å². The summed E-state index contributed by atoms with van der Waals surface area (Å²) in [5.74, 6) is -1.69. The smallest absolute Gasteiger partial charge is 0.217 e. The zero-order valence-electron chi connectivity index (χ0n) is 16.3. The Kier molecular flexibility index (Phi) is 8.07. The zero-order chi connectivity index (χ0) is 22.0. The molecule has 0 spiro atoms. The Labute approximate surface area is 167 Å². The van der Waals surface area contributed by atoms with Crippen LogP contribution in [-0.2, 0) is 23.8 Å². The van der Waals surface area contributed by atoms with E-state index in [9.17, 15) is 40.2 Å². The van der Waals surface area contributed by atoms with Crippen LogP contribution in [0.4, 0.5) is 0 Å². The van der Waals surface area contributed by atoms with Crippen molar-refractivity contribution in [1.29, 1.82) is 0 Å². The molecule has 0 radical (unpaired) electrons. The van der Waals surface area contributed by atoms with Gasteiger partial charge >= 0.3 is 0 Å². The molecule has 2 rings (SSSR count). The van der Waals surface area contributed by atoms with E-state index in [0.29, 0.717) is 0 Å². The minimum Gasteiger partial charge on any atom is -0.394 e. The molecule has 0 aromatic heterocycles. The van der Waals surface area contributed by atoms with Gasteiger partial charge in [-0.2, -0.15) is 0 Å². The van der Waals surface area contributed by atoms with Gasteiger partial charge in [-0.3, -0.25) is 9.59 Å². The van der Waals surface area contributed by atoms with Crippen LogP contribution in [0.5, 0.6) is 0 Å². The monoisotopic (exact) mass is 423 g/mol. The third-order valence-electron chi connectivity index (χ3n) is 4.95. The summed E-state index contributed by atoms with van der Waals surface area (Å²) >= 11 is 0. The molecule has 0 aromatic rings. The molecule has 2 heterocycles. The molecule has 168 valence electrons. The quantitative estimate of drug-likeness (QED) is 0.220. The lowest BCUT2D eigenvalue weighted by molar-refractivity contribution is -0.335. The minimum atomic E-state index is -1.81. The van der Waals surface area contributed by atoms with Crippen LogP contribution in [0.25, 0.3) is 0 Å². The van der Waals surface area contributed by atoms with E-state index < -0.39 is 85.6 Å². The second kappa shape index (κ2) is 9.73. The molecule has 0 saturated carbocycles. The van der Waals surface area contributed by atoms with Crippen molar-refractivity contribution in [2.45, 2.75) is 82.1 Å². The Bertz CT molecular complexity index is 588.